The lowest BCUT2D eigenvalue weighted by Gasteiger charge is -2.14. The number of benzene rings is 2. The van der Waals surface area contributed by atoms with E-state index in [1.807, 2.05) is 6.92 Å². The summed E-state index contributed by atoms with van der Waals surface area (Å²) < 4.78 is 6.41. The minimum atomic E-state index is -1.13. The van der Waals surface area contributed by atoms with Crippen molar-refractivity contribution >= 4 is 66.8 Å². The van der Waals surface area contributed by atoms with Crippen LogP contribution in [0.15, 0.2) is 45.3 Å². The summed E-state index contributed by atoms with van der Waals surface area (Å²) in [5.41, 5.74) is 0.646. The van der Waals surface area contributed by atoms with Gasteiger partial charge in [0.05, 0.1) is 17.9 Å². The summed E-state index contributed by atoms with van der Waals surface area (Å²) >= 11 is 11.6. The Hall–Kier alpha value is -1.97. The molecule has 0 aromatic heterocycles. The molecule has 0 aliphatic carbocycles. The van der Waals surface area contributed by atoms with Crippen LogP contribution in [0.3, 0.4) is 0 Å². The van der Waals surface area contributed by atoms with Crippen molar-refractivity contribution in [2.75, 3.05) is 11.9 Å². The molecule has 0 saturated heterocycles. The molecule has 9 heteroatoms. The Morgan fingerprint density at radius 3 is 2.42 bits per heavy atom. The van der Waals surface area contributed by atoms with Gasteiger partial charge in [-0.1, -0.05) is 15.9 Å². The van der Waals surface area contributed by atoms with Crippen LogP contribution in [0.1, 0.15) is 27.6 Å². The van der Waals surface area contributed by atoms with E-state index in [-0.39, 0.29) is 16.4 Å². The summed E-state index contributed by atoms with van der Waals surface area (Å²) in [6.07, 6.45) is 0. The zero-order valence-corrected chi connectivity index (χ0v) is 17.5. The van der Waals surface area contributed by atoms with Gasteiger partial charge in [0.25, 0.3) is 5.91 Å². The maximum absolute atomic E-state index is 12.3. The lowest BCUT2D eigenvalue weighted by atomic mass is 10.2. The number of hydrogen-bond donors (Lipinski definition) is 3. The molecule has 2 rings (SSSR count). The number of nitrogens with one attached hydrogen (secondary N) is 2. The van der Waals surface area contributed by atoms with E-state index in [2.05, 4.69) is 42.5 Å². The Morgan fingerprint density at radius 2 is 1.85 bits per heavy atom. The number of rotatable bonds is 5. The van der Waals surface area contributed by atoms with Gasteiger partial charge in [0.15, 0.2) is 5.11 Å². The first-order valence-corrected chi connectivity index (χ1v) is 9.38. The van der Waals surface area contributed by atoms with Crippen molar-refractivity contribution in [2.24, 2.45) is 0 Å². The summed E-state index contributed by atoms with van der Waals surface area (Å²) in [6, 6.07) is 9.70. The Bertz CT molecular complexity index is 857. The van der Waals surface area contributed by atoms with E-state index in [0.29, 0.717) is 26.9 Å². The largest absolute Gasteiger partial charge is 0.494 e. The Balaban J connectivity index is 2.11. The summed E-state index contributed by atoms with van der Waals surface area (Å²) in [4.78, 5) is 23.7. The van der Waals surface area contributed by atoms with Gasteiger partial charge in [-0.3, -0.25) is 10.1 Å². The van der Waals surface area contributed by atoms with Crippen LogP contribution in [-0.4, -0.2) is 28.7 Å². The molecular formula is C17H14Br2N2O4S. The third kappa shape index (κ3) is 5.26. The Kier molecular flexibility index (Phi) is 7.13. The summed E-state index contributed by atoms with van der Waals surface area (Å²) in [5, 5.41) is 14.6. The number of amides is 1. The van der Waals surface area contributed by atoms with E-state index in [1.54, 1.807) is 30.3 Å². The van der Waals surface area contributed by atoms with Crippen molar-refractivity contribution in [2.45, 2.75) is 6.92 Å². The normalized spacial score (nSPS) is 10.1. The van der Waals surface area contributed by atoms with Crippen molar-refractivity contribution in [3.63, 3.8) is 0 Å². The molecule has 0 atom stereocenters. The first kappa shape index (κ1) is 20.3. The molecule has 26 heavy (non-hydrogen) atoms. The first-order valence-electron chi connectivity index (χ1n) is 7.39. The number of halogens is 2. The van der Waals surface area contributed by atoms with Crippen LogP contribution >= 0.6 is 44.1 Å². The monoisotopic (exact) mass is 500 g/mol. The number of carbonyl (C=O) groups excluding carboxylic acids is 1. The fourth-order valence-electron chi connectivity index (χ4n) is 2.06. The number of ether oxygens (including phenoxy) is 1. The topological polar surface area (TPSA) is 87.7 Å². The standard InChI is InChI=1S/C17H14Br2N2O4S/c1-2-25-11-5-3-9(4-6-11)15(22)21-17(26)20-14-12(16(23)24)7-10(18)8-13(14)19/h3-8H,2H2,1H3,(H,23,24)(H2,20,21,22,26). The Morgan fingerprint density at radius 1 is 1.19 bits per heavy atom. The number of aromatic carboxylic acids is 1. The molecule has 1 amide bonds. The molecule has 0 aliphatic rings. The third-order valence-electron chi connectivity index (χ3n) is 3.18. The van der Waals surface area contributed by atoms with E-state index >= 15 is 0 Å². The number of hydrogen-bond acceptors (Lipinski definition) is 4. The SMILES string of the molecule is CCOc1ccc(C(=O)NC(=S)Nc2c(Br)cc(Br)cc2C(=O)O)cc1. The molecular weight excluding hydrogens is 488 g/mol. The van der Waals surface area contributed by atoms with Crippen LogP contribution < -0.4 is 15.4 Å². The lowest BCUT2D eigenvalue weighted by molar-refractivity contribution is 0.0697. The summed E-state index contributed by atoms with van der Waals surface area (Å²) in [7, 11) is 0. The van der Waals surface area contributed by atoms with Crippen LogP contribution in [-0.2, 0) is 0 Å². The molecule has 136 valence electrons. The smallest absolute Gasteiger partial charge is 0.337 e. The van der Waals surface area contributed by atoms with Gasteiger partial charge in [0, 0.05) is 14.5 Å². The average Bonchev–Trinajstić information content (AvgIpc) is 2.57. The third-order valence-corrected chi connectivity index (χ3v) is 4.47. The number of carboxylic acid groups (broad SMARTS) is 1. The van der Waals surface area contributed by atoms with Crippen LogP contribution in [0.25, 0.3) is 0 Å². The molecule has 6 nitrogen and oxygen atoms in total. The van der Waals surface area contributed by atoms with Crippen LogP contribution in [0.5, 0.6) is 5.75 Å². The average molecular weight is 502 g/mol. The van der Waals surface area contributed by atoms with Gasteiger partial charge < -0.3 is 15.2 Å². The van der Waals surface area contributed by atoms with Crippen LogP contribution in [0, 0.1) is 0 Å². The van der Waals surface area contributed by atoms with Gasteiger partial charge in [0.2, 0.25) is 0 Å². The second-order valence-corrected chi connectivity index (χ2v) is 7.16. The number of anilines is 1. The minimum Gasteiger partial charge on any atom is -0.494 e. The van der Waals surface area contributed by atoms with Gasteiger partial charge >= 0.3 is 5.97 Å². The molecule has 3 N–H and O–H groups in total. The van der Waals surface area contributed by atoms with E-state index in [1.165, 1.54) is 6.07 Å². The van der Waals surface area contributed by atoms with Gasteiger partial charge in [0.1, 0.15) is 5.75 Å². The molecule has 0 spiro atoms. The van der Waals surface area contributed by atoms with Crippen LogP contribution in [0.4, 0.5) is 5.69 Å². The molecule has 0 fully saturated rings. The number of carboxylic acids is 1. The molecule has 2 aromatic carbocycles. The number of carbonyl (C=O) groups is 2. The molecule has 0 heterocycles. The highest BCUT2D eigenvalue weighted by Gasteiger charge is 2.17. The zero-order chi connectivity index (χ0) is 19.3. The van der Waals surface area contributed by atoms with Crippen molar-refractivity contribution in [1.82, 2.24) is 5.32 Å². The van der Waals surface area contributed by atoms with Crippen molar-refractivity contribution in [1.29, 1.82) is 0 Å². The maximum Gasteiger partial charge on any atom is 0.337 e. The fraction of sp³-hybridized carbons (Fsp3) is 0.118. The molecule has 0 unspecified atom stereocenters. The van der Waals surface area contributed by atoms with Crippen LogP contribution in [0.2, 0.25) is 0 Å². The fourth-order valence-corrected chi connectivity index (χ4v) is 3.58. The summed E-state index contributed by atoms with van der Waals surface area (Å²) in [5.74, 6) is -0.888. The lowest BCUT2D eigenvalue weighted by Crippen LogP contribution is -2.34. The predicted molar refractivity (Wildman–Crippen MR) is 110 cm³/mol. The Labute approximate surface area is 172 Å². The van der Waals surface area contributed by atoms with E-state index in [9.17, 15) is 14.7 Å². The minimum absolute atomic E-state index is 0.00363. The van der Waals surface area contributed by atoms with E-state index in [4.69, 9.17) is 17.0 Å². The quantitative estimate of drug-likeness (QED) is 0.525. The maximum atomic E-state index is 12.3. The van der Waals surface area contributed by atoms with Crippen molar-refractivity contribution in [3.05, 3.63) is 56.5 Å². The van der Waals surface area contributed by atoms with Crippen molar-refractivity contribution < 1.29 is 19.4 Å². The van der Waals surface area contributed by atoms with E-state index < -0.39 is 11.9 Å². The summed E-state index contributed by atoms with van der Waals surface area (Å²) in [6.45, 7) is 2.41. The highest BCUT2D eigenvalue weighted by molar-refractivity contribution is 9.11. The van der Waals surface area contributed by atoms with Gasteiger partial charge in [-0.2, -0.15) is 0 Å². The highest BCUT2D eigenvalue weighted by atomic mass is 79.9. The predicted octanol–water partition coefficient (Wildman–Crippen LogP) is 4.44. The zero-order valence-electron chi connectivity index (χ0n) is 13.5. The molecule has 0 bridgehead atoms. The second-order valence-electron chi connectivity index (χ2n) is 4.98. The molecule has 2 aromatic rings. The molecule has 0 aliphatic heterocycles. The second kappa shape index (κ2) is 9.11. The van der Waals surface area contributed by atoms with Gasteiger partial charge in [-0.15, -0.1) is 0 Å². The van der Waals surface area contributed by atoms with Gasteiger partial charge in [-0.25, -0.2) is 4.79 Å². The van der Waals surface area contributed by atoms with Crippen molar-refractivity contribution in [3.8, 4) is 5.75 Å². The molecule has 0 radical (unpaired) electrons. The number of thiocarbonyl (C=S) groups is 1. The van der Waals surface area contributed by atoms with Gasteiger partial charge in [-0.05, 0) is 71.5 Å². The molecule has 0 saturated carbocycles. The highest BCUT2D eigenvalue weighted by Crippen LogP contribution is 2.30. The first-order chi connectivity index (χ1) is 12.3. The van der Waals surface area contributed by atoms with E-state index in [0.717, 1.165) is 0 Å².